The van der Waals surface area contributed by atoms with E-state index in [-0.39, 0.29) is 17.5 Å². The molecule has 2 aromatic heterocycles. The van der Waals surface area contributed by atoms with Crippen molar-refractivity contribution in [2.24, 2.45) is 0 Å². The number of hydrogen-bond acceptors (Lipinski definition) is 6. The van der Waals surface area contributed by atoms with E-state index in [1.165, 1.54) is 24.4 Å². The summed E-state index contributed by atoms with van der Waals surface area (Å²) in [4.78, 5) is 21.4. The Bertz CT molecular complexity index is 530. The third-order valence-electron chi connectivity index (χ3n) is 1.72. The van der Waals surface area contributed by atoms with E-state index < -0.39 is 5.56 Å². The monoisotopic (exact) mass is 208 g/mol. The number of nitrogens with one attached hydrogen (secondary N) is 1. The van der Waals surface area contributed by atoms with Crippen LogP contribution in [0.25, 0.3) is 5.82 Å². The lowest BCUT2D eigenvalue weighted by atomic mass is 10.5. The number of H-pyrrole nitrogens is 1. The molecule has 2 rings (SSSR count). The Kier molecular flexibility index (Phi) is 2.08. The maximum atomic E-state index is 11.3. The van der Waals surface area contributed by atoms with Crippen LogP contribution in [-0.4, -0.2) is 31.8 Å². The van der Waals surface area contributed by atoms with Crippen molar-refractivity contribution in [2.45, 2.75) is 0 Å². The van der Waals surface area contributed by atoms with Crippen LogP contribution in [0.1, 0.15) is 0 Å². The summed E-state index contributed by atoms with van der Waals surface area (Å²) in [6, 6.07) is 0. The fourth-order valence-electron chi connectivity index (χ4n) is 1.10. The molecule has 3 N–H and O–H groups in total. The Morgan fingerprint density at radius 1 is 1.53 bits per heavy atom. The van der Waals surface area contributed by atoms with Gasteiger partial charge in [0.2, 0.25) is 17.5 Å². The molecule has 0 saturated heterocycles. The van der Waals surface area contributed by atoms with Crippen molar-refractivity contribution >= 4 is 5.95 Å². The summed E-state index contributed by atoms with van der Waals surface area (Å²) in [5, 5.41) is 3.82. The number of aromatic amines is 1. The van der Waals surface area contributed by atoms with Gasteiger partial charge in [0.15, 0.2) is 0 Å². The quantitative estimate of drug-likeness (QED) is 0.650. The highest BCUT2D eigenvalue weighted by Crippen LogP contribution is 2.12. The number of methoxy groups -OCH3 is 1. The third kappa shape index (κ3) is 1.52. The first kappa shape index (κ1) is 9.19. The van der Waals surface area contributed by atoms with Crippen molar-refractivity contribution in [3.05, 3.63) is 23.0 Å². The van der Waals surface area contributed by atoms with Crippen LogP contribution in [0, 0.1) is 0 Å². The maximum absolute atomic E-state index is 11.3. The summed E-state index contributed by atoms with van der Waals surface area (Å²) < 4.78 is 6.17. The topological polar surface area (TPSA) is 112 Å². The number of ether oxygens (including phenoxy) is 1. The molecule has 2 heterocycles. The molecule has 0 radical (unpaired) electrons. The van der Waals surface area contributed by atoms with Gasteiger partial charge in [0.1, 0.15) is 6.33 Å². The first-order valence-electron chi connectivity index (χ1n) is 4.01. The van der Waals surface area contributed by atoms with E-state index >= 15 is 0 Å². The van der Waals surface area contributed by atoms with Gasteiger partial charge in [-0.15, -0.1) is 5.10 Å². The van der Waals surface area contributed by atoms with Crippen molar-refractivity contribution in [1.82, 2.24) is 24.7 Å². The number of aromatic nitrogens is 5. The molecule has 0 aliphatic carbocycles. The summed E-state index contributed by atoms with van der Waals surface area (Å²) in [6.07, 6.45) is 2.59. The van der Waals surface area contributed by atoms with Crippen LogP contribution < -0.4 is 16.0 Å². The zero-order valence-electron chi connectivity index (χ0n) is 7.84. The van der Waals surface area contributed by atoms with E-state index in [0.717, 1.165) is 0 Å². The van der Waals surface area contributed by atoms with Gasteiger partial charge in [-0.05, 0) is 0 Å². The molecule has 0 bridgehead atoms. The Morgan fingerprint density at radius 2 is 2.33 bits per heavy atom. The Hall–Kier alpha value is -2.38. The van der Waals surface area contributed by atoms with Crippen LogP contribution >= 0.6 is 0 Å². The molecule has 0 aromatic carbocycles. The van der Waals surface area contributed by atoms with Gasteiger partial charge in [-0.3, -0.25) is 4.79 Å². The number of hydrogen-bond donors (Lipinski definition) is 2. The highest BCUT2D eigenvalue weighted by molar-refractivity contribution is 5.37. The van der Waals surface area contributed by atoms with Crippen LogP contribution in [0.15, 0.2) is 17.4 Å². The SMILES string of the molecule is COc1c(-n2cnc(N)n2)nc[nH]c1=O. The second kappa shape index (κ2) is 3.40. The van der Waals surface area contributed by atoms with Gasteiger partial charge < -0.3 is 15.5 Å². The van der Waals surface area contributed by atoms with E-state index in [1.54, 1.807) is 0 Å². The average Bonchev–Trinajstić information content (AvgIpc) is 2.64. The fourth-order valence-corrected chi connectivity index (χ4v) is 1.10. The molecular weight excluding hydrogens is 200 g/mol. The molecule has 0 aliphatic rings. The zero-order chi connectivity index (χ0) is 10.8. The van der Waals surface area contributed by atoms with E-state index in [0.29, 0.717) is 0 Å². The highest BCUT2D eigenvalue weighted by atomic mass is 16.5. The molecule has 0 unspecified atom stereocenters. The minimum atomic E-state index is -0.392. The predicted molar refractivity (Wildman–Crippen MR) is 50.7 cm³/mol. The molecule has 0 saturated carbocycles. The second-order valence-electron chi connectivity index (χ2n) is 2.64. The second-order valence-corrected chi connectivity index (χ2v) is 2.64. The van der Waals surface area contributed by atoms with Crippen LogP contribution in [-0.2, 0) is 0 Å². The van der Waals surface area contributed by atoms with Gasteiger partial charge in [-0.1, -0.05) is 0 Å². The van der Waals surface area contributed by atoms with Crippen LogP contribution in [0.5, 0.6) is 5.75 Å². The molecule has 0 fully saturated rings. The van der Waals surface area contributed by atoms with E-state index in [1.807, 2.05) is 0 Å². The van der Waals surface area contributed by atoms with Gasteiger partial charge in [-0.2, -0.15) is 4.68 Å². The predicted octanol–water partition coefficient (Wildman–Crippen LogP) is -1.06. The summed E-state index contributed by atoms with van der Waals surface area (Å²) in [6.45, 7) is 0. The molecule has 78 valence electrons. The Labute approximate surface area is 83.7 Å². The molecule has 0 amide bonds. The molecule has 15 heavy (non-hydrogen) atoms. The highest BCUT2D eigenvalue weighted by Gasteiger charge is 2.11. The van der Waals surface area contributed by atoms with E-state index in [4.69, 9.17) is 10.5 Å². The number of nitrogen functional groups attached to an aromatic ring is 1. The fraction of sp³-hybridized carbons (Fsp3) is 0.143. The summed E-state index contributed by atoms with van der Waals surface area (Å²) in [7, 11) is 1.37. The van der Waals surface area contributed by atoms with E-state index in [2.05, 4.69) is 20.1 Å². The summed E-state index contributed by atoms with van der Waals surface area (Å²) in [5.74, 6) is 0.395. The third-order valence-corrected chi connectivity index (χ3v) is 1.72. The van der Waals surface area contributed by atoms with E-state index in [9.17, 15) is 4.79 Å². The van der Waals surface area contributed by atoms with Crippen LogP contribution in [0.4, 0.5) is 5.95 Å². The molecule has 2 aromatic rings. The Morgan fingerprint density at radius 3 is 2.93 bits per heavy atom. The first-order valence-corrected chi connectivity index (χ1v) is 4.01. The van der Waals surface area contributed by atoms with Gasteiger partial charge in [-0.25, -0.2) is 9.97 Å². The number of nitrogens with zero attached hydrogens (tertiary/aromatic N) is 4. The van der Waals surface area contributed by atoms with Gasteiger partial charge in [0, 0.05) is 0 Å². The average molecular weight is 208 g/mol. The molecule has 0 atom stereocenters. The zero-order valence-corrected chi connectivity index (χ0v) is 7.84. The molecular formula is C7H8N6O2. The van der Waals surface area contributed by atoms with Crippen molar-refractivity contribution in [2.75, 3.05) is 12.8 Å². The normalized spacial score (nSPS) is 10.2. The number of nitrogens with two attached hydrogens (primary N) is 1. The number of anilines is 1. The van der Waals surface area contributed by atoms with Crippen LogP contribution in [0.2, 0.25) is 0 Å². The van der Waals surface area contributed by atoms with Gasteiger partial charge in [0.05, 0.1) is 13.4 Å². The minimum Gasteiger partial charge on any atom is -0.488 e. The lowest BCUT2D eigenvalue weighted by Crippen LogP contribution is -2.14. The van der Waals surface area contributed by atoms with Crippen molar-refractivity contribution in [3.8, 4) is 11.6 Å². The van der Waals surface area contributed by atoms with Gasteiger partial charge >= 0.3 is 0 Å². The molecule has 0 spiro atoms. The van der Waals surface area contributed by atoms with Gasteiger partial charge in [0.25, 0.3) is 5.56 Å². The van der Waals surface area contributed by atoms with Crippen LogP contribution in [0.3, 0.4) is 0 Å². The largest absolute Gasteiger partial charge is 0.488 e. The number of rotatable bonds is 2. The Balaban J connectivity index is 2.62. The summed E-state index contributed by atoms with van der Waals surface area (Å²) in [5.41, 5.74) is 4.96. The molecule has 8 heteroatoms. The minimum absolute atomic E-state index is 0.0578. The lowest BCUT2D eigenvalue weighted by Gasteiger charge is -2.03. The van der Waals surface area contributed by atoms with Crippen molar-refractivity contribution < 1.29 is 4.74 Å². The van der Waals surface area contributed by atoms with Crippen molar-refractivity contribution in [1.29, 1.82) is 0 Å². The molecule has 0 aliphatic heterocycles. The van der Waals surface area contributed by atoms with Crippen molar-refractivity contribution in [3.63, 3.8) is 0 Å². The first-order chi connectivity index (χ1) is 7.22. The maximum Gasteiger partial charge on any atom is 0.295 e. The smallest absolute Gasteiger partial charge is 0.295 e. The standard InChI is InChI=1S/C7H8N6O2/c1-15-4-5(9-2-10-6(4)14)13-3-11-7(8)12-13/h2-3H,1H3,(H2,8,12)(H,9,10,14). The lowest BCUT2D eigenvalue weighted by molar-refractivity contribution is 0.402. The summed E-state index contributed by atoms with van der Waals surface area (Å²) >= 11 is 0. The molecule has 8 nitrogen and oxygen atoms in total.